The average molecular weight is 291 g/mol. The molecule has 0 aromatic rings. The van der Waals surface area contributed by atoms with E-state index in [-0.39, 0.29) is 6.61 Å². The van der Waals surface area contributed by atoms with Gasteiger partial charge >= 0.3 is 11.9 Å². The van der Waals surface area contributed by atoms with Crippen LogP contribution in [0.5, 0.6) is 0 Å². The number of nitro groups is 1. The molecule has 0 aliphatic rings. The summed E-state index contributed by atoms with van der Waals surface area (Å²) >= 11 is 0. The van der Waals surface area contributed by atoms with Crippen molar-refractivity contribution in [3.8, 4) is 0 Å². The summed E-state index contributed by atoms with van der Waals surface area (Å²) in [7, 11) is 2.22. The molecule has 0 fully saturated rings. The van der Waals surface area contributed by atoms with Crippen LogP contribution in [0.3, 0.4) is 0 Å². The molecule has 0 radical (unpaired) electrons. The van der Waals surface area contributed by atoms with Gasteiger partial charge < -0.3 is 14.2 Å². The van der Waals surface area contributed by atoms with E-state index in [0.717, 1.165) is 27.1 Å². The summed E-state index contributed by atoms with van der Waals surface area (Å²) in [5.41, 5.74) is 0. The van der Waals surface area contributed by atoms with Gasteiger partial charge in [-0.2, -0.15) is 0 Å². The molecule has 0 aromatic heterocycles. The van der Waals surface area contributed by atoms with E-state index in [0.29, 0.717) is 6.61 Å². The fraction of sp³-hybridized carbons (Fsp3) is 0.833. The van der Waals surface area contributed by atoms with E-state index in [1.165, 1.54) is 0 Å². The first-order chi connectivity index (χ1) is 9.47. The number of carbonyl (C=O) groups is 2. The number of nitrogens with zero attached hydrogens (tertiary/aromatic N) is 1. The molecular weight excluding hydrogens is 270 g/mol. The number of unbranched alkanes of at least 4 members (excludes halogenated alkanes) is 1. The smallest absolute Gasteiger partial charge is 0.320 e. The van der Waals surface area contributed by atoms with Gasteiger partial charge in [0.25, 0.3) is 0 Å². The quantitative estimate of drug-likeness (QED) is 0.191. The summed E-state index contributed by atoms with van der Waals surface area (Å²) in [4.78, 5) is 33.3. The van der Waals surface area contributed by atoms with E-state index in [1.807, 2.05) is 6.92 Å². The van der Waals surface area contributed by atoms with Gasteiger partial charge in [-0.15, -0.1) is 0 Å². The van der Waals surface area contributed by atoms with Crippen LogP contribution in [-0.2, 0) is 23.8 Å². The van der Waals surface area contributed by atoms with Crippen LogP contribution in [0.15, 0.2) is 0 Å². The van der Waals surface area contributed by atoms with E-state index in [1.54, 1.807) is 0 Å². The predicted molar refractivity (Wildman–Crippen MR) is 68.6 cm³/mol. The third-order valence-electron chi connectivity index (χ3n) is 2.74. The molecule has 0 N–H and O–H groups in total. The lowest BCUT2D eigenvalue weighted by atomic mass is 9.93. The number of hydrogen-bond donors (Lipinski definition) is 0. The molecule has 20 heavy (non-hydrogen) atoms. The highest BCUT2D eigenvalue weighted by Crippen LogP contribution is 2.17. The molecule has 0 aromatic carbocycles. The van der Waals surface area contributed by atoms with Gasteiger partial charge in [-0.05, 0) is 6.42 Å². The van der Waals surface area contributed by atoms with Gasteiger partial charge in [-0.1, -0.05) is 13.3 Å². The van der Waals surface area contributed by atoms with Crippen molar-refractivity contribution < 1.29 is 28.7 Å². The van der Waals surface area contributed by atoms with Crippen molar-refractivity contribution in [2.75, 3.05) is 34.0 Å². The van der Waals surface area contributed by atoms with Crippen LogP contribution in [0, 0.1) is 22.0 Å². The summed E-state index contributed by atoms with van der Waals surface area (Å²) in [5.74, 6) is -3.98. The molecule has 0 saturated heterocycles. The van der Waals surface area contributed by atoms with E-state index in [9.17, 15) is 19.7 Å². The first kappa shape index (κ1) is 18.3. The van der Waals surface area contributed by atoms with Crippen LogP contribution in [-0.4, -0.2) is 50.8 Å². The third-order valence-corrected chi connectivity index (χ3v) is 2.74. The predicted octanol–water partition coefficient (Wildman–Crippen LogP) is 0.658. The summed E-state index contributed by atoms with van der Waals surface area (Å²) in [6, 6.07) is 0. The Balaban J connectivity index is 4.85. The lowest BCUT2D eigenvalue weighted by molar-refractivity contribution is -0.490. The van der Waals surface area contributed by atoms with Gasteiger partial charge in [0.1, 0.15) is 0 Å². The molecule has 0 saturated carbocycles. The standard InChI is InChI=1S/C12H21NO7/c1-4-5-6-20-8-9(7-13(16)17)10(11(14)18-2)12(15)19-3/h9-10H,4-8H2,1-3H3. The third kappa shape index (κ3) is 6.46. The van der Waals surface area contributed by atoms with Crippen molar-refractivity contribution in [2.24, 2.45) is 11.8 Å². The van der Waals surface area contributed by atoms with Crippen LogP contribution in [0.2, 0.25) is 0 Å². The zero-order valence-corrected chi connectivity index (χ0v) is 12.0. The normalized spacial score (nSPS) is 12.0. The Kier molecular flexibility index (Phi) is 9.27. The molecule has 0 aliphatic heterocycles. The Hall–Kier alpha value is -1.70. The number of rotatable bonds is 10. The Bertz CT molecular complexity index is 316. The molecule has 1 unspecified atom stereocenters. The molecule has 0 aliphatic carbocycles. The number of methoxy groups -OCH3 is 2. The van der Waals surface area contributed by atoms with Crippen molar-refractivity contribution in [1.29, 1.82) is 0 Å². The van der Waals surface area contributed by atoms with Crippen molar-refractivity contribution in [2.45, 2.75) is 19.8 Å². The Morgan fingerprint density at radius 1 is 1.20 bits per heavy atom. The first-order valence-electron chi connectivity index (χ1n) is 6.33. The van der Waals surface area contributed by atoms with E-state index < -0.39 is 35.2 Å². The maximum Gasteiger partial charge on any atom is 0.320 e. The topological polar surface area (TPSA) is 105 Å². The van der Waals surface area contributed by atoms with Crippen LogP contribution in [0.25, 0.3) is 0 Å². The number of hydrogen-bond acceptors (Lipinski definition) is 7. The van der Waals surface area contributed by atoms with E-state index in [4.69, 9.17) is 4.74 Å². The Morgan fingerprint density at radius 3 is 2.15 bits per heavy atom. The second kappa shape index (κ2) is 10.1. The molecule has 0 heterocycles. The van der Waals surface area contributed by atoms with Crippen LogP contribution < -0.4 is 0 Å². The summed E-state index contributed by atoms with van der Waals surface area (Å²) in [6.07, 6.45) is 1.71. The summed E-state index contributed by atoms with van der Waals surface area (Å²) in [6.45, 7) is 1.75. The molecule has 0 spiro atoms. The SMILES string of the molecule is CCCCOCC(C[N+](=O)[O-])C(C(=O)OC)C(=O)OC. The van der Waals surface area contributed by atoms with Crippen molar-refractivity contribution in [3.05, 3.63) is 10.1 Å². The van der Waals surface area contributed by atoms with E-state index in [2.05, 4.69) is 9.47 Å². The molecule has 0 amide bonds. The van der Waals surface area contributed by atoms with Gasteiger partial charge in [-0.3, -0.25) is 19.7 Å². The Morgan fingerprint density at radius 2 is 1.75 bits per heavy atom. The second-order valence-electron chi connectivity index (χ2n) is 4.23. The molecule has 8 nitrogen and oxygen atoms in total. The number of esters is 2. The van der Waals surface area contributed by atoms with Gasteiger partial charge in [0.15, 0.2) is 5.92 Å². The maximum absolute atomic E-state index is 11.6. The highest BCUT2D eigenvalue weighted by Gasteiger charge is 2.40. The zero-order chi connectivity index (χ0) is 15.5. The molecule has 0 rings (SSSR count). The molecule has 1 atom stereocenters. The minimum Gasteiger partial charge on any atom is -0.468 e. The van der Waals surface area contributed by atoms with Gasteiger partial charge in [0.05, 0.1) is 26.7 Å². The maximum atomic E-state index is 11.6. The van der Waals surface area contributed by atoms with E-state index >= 15 is 0 Å². The molecular formula is C12H21NO7. The minimum absolute atomic E-state index is 0.0736. The van der Waals surface area contributed by atoms with Gasteiger partial charge in [0.2, 0.25) is 6.54 Å². The number of carbonyl (C=O) groups excluding carboxylic acids is 2. The lowest BCUT2D eigenvalue weighted by Gasteiger charge is -2.20. The molecule has 0 bridgehead atoms. The van der Waals surface area contributed by atoms with Gasteiger partial charge in [0, 0.05) is 11.5 Å². The zero-order valence-electron chi connectivity index (χ0n) is 12.0. The largest absolute Gasteiger partial charge is 0.468 e. The fourth-order valence-electron chi connectivity index (χ4n) is 1.66. The monoisotopic (exact) mass is 291 g/mol. The summed E-state index contributed by atoms with van der Waals surface area (Å²) in [5, 5.41) is 10.7. The highest BCUT2D eigenvalue weighted by atomic mass is 16.6. The summed E-state index contributed by atoms with van der Waals surface area (Å²) < 4.78 is 14.3. The molecule has 116 valence electrons. The van der Waals surface area contributed by atoms with Crippen LogP contribution >= 0.6 is 0 Å². The molecule has 8 heteroatoms. The highest BCUT2D eigenvalue weighted by molar-refractivity contribution is 5.95. The van der Waals surface area contributed by atoms with Crippen LogP contribution in [0.4, 0.5) is 0 Å². The van der Waals surface area contributed by atoms with Crippen molar-refractivity contribution in [3.63, 3.8) is 0 Å². The minimum atomic E-state index is -1.35. The number of ether oxygens (including phenoxy) is 3. The second-order valence-corrected chi connectivity index (χ2v) is 4.23. The lowest BCUT2D eigenvalue weighted by Crippen LogP contribution is -2.39. The van der Waals surface area contributed by atoms with Crippen LogP contribution in [0.1, 0.15) is 19.8 Å². The van der Waals surface area contributed by atoms with Crippen molar-refractivity contribution >= 4 is 11.9 Å². The fourth-order valence-corrected chi connectivity index (χ4v) is 1.66. The van der Waals surface area contributed by atoms with Crippen molar-refractivity contribution in [1.82, 2.24) is 0 Å². The average Bonchev–Trinajstić information content (AvgIpc) is 2.42. The Labute approximate surface area is 117 Å². The first-order valence-corrected chi connectivity index (χ1v) is 6.33. The van der Waals surface area contributed by atoms with Gasteiger partial charge in [-0.25, -0.2) is 0 Å².